The van der Waals surface area contributed by atoms with Gasteiger partial charge in [-0.3, -0.25) is 9.59 Å². The van der Waals surface area contributed by atoms with E-state index in [2.05, 4.69) is 9.47 Å². The van der Waals surface area contributed by atoms with Crippen LogP contribution in [0.1, 0.15) is 26.7 Å². The van der Waals surface area contributed by atoms with E-state index in [1.54, 1.807) is 6.92 Å². The van der Waals surface area contributed by atoms with Gasteiger partial charge in [0.25, 0.3) is 0 Å². The predicted octanol–water partition coefficient (Wildman–Crippen LogP) is 1.94. The van der Waals surface area contributed by atoms with Gasteiger partial charge in [0.1, 0.15) is 0 Å². The topological polar surface area (TPSA) is 52.6 Å². The number of carbonyl (C=O) groups excluding carboxylic acids is 2. The highest BCUT2D eigenvalue weighted by Gasteiger charge is 2.30. The van der Waals surface area contributed by atoms with Gasteiger partial charge in [0.05, 0.1) is 26.1 Å². The summed E-state index contributed by atoms with van der Waals surface area (Å²) in [5.74, 6) is -1.72. The average Bonchev–Trinajstić information content (AvgIpc) is 2.32. The van der Waals surface area contributed by atoms with E-state index in [9.17, 15) is 9.59 Å². The molecule has 0 aliphatic heterocycles. The second kappa shape index (κ2) is 7.91. The van der Waals surface area contributed by atoms with E-state index in [1.165, 1.54) is 14.2 Å². The fourth-order valence-corrected chi connectivity index (χ4v) is 1.42. The molecule has 0 N–H and O–H groups in total. The van der Waals surface area contributed by atoms with Crippen molar-refractivity contribution in [3.63, 3.8) is 0 Å². The molecular formula is C12H20O4. The van der Waals surface area contributed by atoms with Crippen molar-refractivity contribution in [3.05, 3.63) is 12.2 Å². The van der Waals surface area contributed by atoms with Gasteiger partial charge in [-0.25, -0.2) is 0 Å². The minimum Gasteiger partial charge on any atom is -0.469 e. The van der Waals surface area contributed by atoms with Crippen molar-refractivity contribution >= 4 is 11.9 Å². The molecular weight excluding hydrogens is 208 g/mol. The van der Waals surface area contributed by atoms with Crippen LogP contribution in [0, 0.1) is 11.8 Å². The number of carbonyl (C=O) groups is 2. The SMILES string of the molecule is CCC=CCC(C(=O)OC)C(C)C(=O)OC. The highest BCUT2D eigenvalue weighted by molar-refractivity contribution is 5.81. The monoisotopic (exact) mass is 228 g/mol. The van der Waals surface area contributed by atoms with Crippen LogP contribution in [-0.4, -0.2) is 26.2 Å². The van der Waals surface area contributed by atoms with Crippen LogP contribution < -0.4 is 0 Å². The van der Waals surface area contributed by atoms with Crippen molar-refractivity contribution < 1.29 is 19.1 Å². The first-order valence-corrected chi connectivity index (χ1v) is 5.39. The van der Waals surface area contributed by atoms with E-state index in [0.717, 1.165) is 6.42 Å². The third-order valence-electron chi connectivity index (χ3n) is 2.47. The molecule has 0 aliphatic carbocycles. The second-order valence-electron chi connectivity index (χ2n) is 3.56. The summed E-state index contributed by atoms with van der Waals surface area (Å²) >= 11 is 0. The van der Waals surface area contributed by atoms with Crippen LogP contribution in [0.2, 0.25) is 0 Å². The van der Waals surface area contributed by atoms with Gasteiger partial charge in [-0.05, 0) is 12.8 Å². The van der Waals surface area contributed by atoms with E-state index < -0.39 is 11.8 Å². The number of hydrogen-bond donors (Lipinski definition) is 0. The lowest BCUT2D eigenvalue weighted by molar-refractivity contribution is -0.156. The minimum absolute atomic E-state index is 0.376. The fraction of sp³-hybridized carbons (Fsp3) is 0.667. The van der Waals surface area contributed by atoms with Gasteiger partial charge >= 0.3 is 11.9 Å². The quantitative estimate of drug-likeness (QED) is 0.515. The molecule has 2 atom stereocenters. The van der Waals surface area contributed by atoms with Crippen LogP contribution in [0.3, 0.4) is 0 Å². The molecule has 0 aromatic carbocycles. The summed E-state index contributed by atoms with van der Waals surface area (Å²) in [6.07, 6.45) is 5.25. The normalized spacial score (nSPS) is 14.5. The first kappa shape index (κ1) is 14.7. The van der Waals surface area contributed by atoms with E-state index in [1.807, 2.05) is 19.1 Å². The second-order valence-corrected chi connectivity index (χ2v) is 3.56. The maximum absolute atomic E-state index is 11.5. The Morgan fingerprint density at radius 1 is 1.12 bits per heavy atom. The van der Waals surface area contributed by atoms with Gasteiger partial charge in [-0.2, -0.15) is 0 Å². The van der Waals surface area contributed by atoms with Crippen LogP contribution in [0.15, 0.2) is 12.2 Å². The average molecular weight is 228 g/mol. The molecule has 0 aliphatic rings. The summed E-state index contributed by atoms with van der Waals surface area (Å²) in [5, 5.41) is 0. The Morgan fingerprint density at radius 2 is 1.69 bits per heavy atom. The molecule has 0 rings (SSSR count). The Balaban J connectivity index is 4.59. The molecule has 4 nitrogen and oxygen atoms in total. The summed E-state index contributed by atoms with van der Waals surface area (Å²) in [6.45, 7) is 3.68. The molecule has 0 saturated heterocycles. The molecule has 0 bridgehead atoms. The van der Waals surface area contributed by atoms with Gasteiger partial charge < -0.3 is 9.47 Å². The number of methoxy groups -OCH3 is 2. The number of rotatable bonds is 6. The van der Waals surface area contributed by atoms with Gasteiger partial charge in [-0.1, -0.05) is 26.0 Å². The predicted molar refractivity (Wildman–Crippen MR) is 60.7 cm³/mol. The zero-order chi connectivity index (χ0) is 12.6. The standard InChI is InChI=1S/C12H20O4/c1-5-6-7-8-10(12(14)16-4)9(2)11(13)15-3/h6-7,9-10H,5,8H2,1-4H3. The summed E-state index contributed by atoms with van der Waals surface area (Å²) in [4.78, 5) is 22.9. The Kier molecular flexibility index (Phi) is 7.25. The number of allylic oxidation sites excluding steroid dienone is 2. The first-order chi connectivity index (χ1) is 7.58. The number of ether oxygens (including phenoxy) is 2. The van der Waals surface area contributed by atoms with Crippen molar-refractivity contribution in [1.29, 1.82) is 0 Å². The van der Waals surface area contributed by atoms with E-state index in [4.69, 9.17) is 0 Å². The minimum atomic E-state index is -0.487. The van der Waals surface area contributed by atoms with Gasteiger partial charge in [-0.15, -0.1) is 0 Å². The molecule has 0 saturated carbocycles. The lowest BCUT2D eigenvalue weighted by Crippen LogP contribution is -2.29. The number of esters is 2. The highest BCUT2D eigenvalue weighted by atomic mass is 16.5. The van der Waals surface area contributed by atoms with Crippen LogP contribution in [-0.2, 0) is 19.1 Å². The summed E-state index contributed by atoms with van der Waals surface area (Å²) in [6, 6.07) is 0. The molecule has 0 amide bonds. The third-order valence-corrected chi connectivity index (χ3v) is 2.47. The summed E-state index contributed by atoms with van der Waals surface area (Å²) in [5.41, 5.74) is 0. The fourth-order valence-electron chi connectivity index (χ4n) is 1.42. The lowest BCUT2D eigenvalue weighted by Gasteiger charge is -2.18. The largest absolute Gasteiger partial charge is 0.469 e. The maximum atomic E-state index is 11.5. The molecule has 92 valence electrons. The van der Waals surface area contributed by atoms with Crippen molar-refractivity contribution in [2.24, 2.45) is 11.8 Å². The molecule has 0 aromatic rings. The Morgan fingerprint density at radius 3 is 2.12 bits per heavy atom. The van der Waals surface area contributed by atoms with Gasteiger partial charge in [0.2, 0.25) is 0 Å². The van der Waals surface area contributed by atoms with Crippen LogP contribution >= 0.6 is 0 Å². The van der Waals surface area contributed by atoms with E-state index in [-0.39, 0.29) is 11.9 Å². The zero-order valence-electron chi connectivity index (χ0n) is 10.4. The van der Waals surface area contributed by atoms with Crippen LogP contribution in [0.25, 0.3) is 0 Å². The van der Waals surface area contributed by atoms with Gasteiger partial charge in [0.15, 0.2) is 0 Å². The Bertz CT molecular complexity index is 258. The zero-order valence-corrected chi connectivity index (χ0v) is 10.4. The molecule has 0 fully saturated rings. The van der Waals surface area contributed by atoms with Crippen molar-refractivity contribution in [2.75, 3.05) is 14.2 Å². The molecule has 16 heavy (non-hydrogen) atoms. The van der Waals surface area contributed by atoms with Gasteiger partial charge in [0, 0.05) is 0 Å². The molecule has 0 radical (unpaired) electrons. The van der Waals surface area contributed by atoms with Crippen molar-refractivity contribution in [1.82, 2.24) is 0 Å². The summed E-state index contributed by atoms with van der Waals surface area (Å²) in [7, 11) is 2.64. The van der Waals surface area contributed by atoms with Crippen LogP contribution in [0.5, 0.6) is 0 Å². The third kappa shape index (κ3) is 4.47. The molecule has 4 heteroatoms. The highest BCUT2D eigenvalue weighted by Crippen LogP contribution is 2.19. The Labute approximate surface area is 96.6 Å². The van der Waals surface area contributed by atoms with Crippen molar-refractivity contribution in [2.45, 2.75) is 26.7 Å². The maximum Gasteiger partial charge on any atom is 0.309 e. The molecule has 0 spiro atoms. The Hall–Kier alpha value is -1.32. The molecule has 2 unspecified atom stereocenters. The smallest absolute Gasteiger partial charge is 0.309 e. The van der Waals surface area contributed by atoms with Crippen LogP contribution in [0.4, 0.5) is 0 Å². The molecule has 0 heterocycles. The van der Waals surface area contributed by atoms with Crippen molar-refractivity contribution in [3.8, 4) is 0 Å². The first-order valence-electron chi connectivity index (χ1n) is 5.39. The molecule has 0 aromatic heterocycles. The summed E-state index contributed by atoms with van der Waals surface area (Å²) < 4.78 is 9.30. The number of hydrogen-bond acceptors (Lipinski definition) is 4. The van der Waals surface area contributed by atoms with E-state index in [0.29, 0.717) is 6.42 Å². The lowest BCUT2D eigenvalue weighted by atomic mass is 9.91. The van der Waals surface area contributed by atoms with E-state index >= 15 is 0 Å².